The molecule has 3 heterocycles. The van der Waals surface area contributed by atoms with Gasteiger partial charge in [-0.3, -0.25) is 0 Å². The highest BCUT2D eigenvalue weighted by Gasteiger charge is 2.32. The number of hydrogen-bond acceptors (Lipinski definition) is 3. The highest BCUT2D eigenvalue weighted by molar-refractivity contribution is 7.99. The number of rotatable bonds is 4. The fourth-order valence-electron chi connectivity index (χ4n) is 7.35. The van der Waals surface area contributed by atoms with Gasteiger partial charge < -0.3 is 9.13 Å². The summed E-state index contributed by atoms with van der Waals surface area (Å²) in [5.74, 6) is 0. The third-order valence-corrected chi connectivity index (χ3v) is 10.3. The molecular weight excluding hydrogens is 593 g/mol. The first-order valence-corrected chi connectivity index (χ1v) is 16.4. The van der Waals surface area contributed by atoms with E-state index in [9.17, 15) is 5.26 Å². The lowest BCUT2D eigenvalue weighted by Gasteiger charge is -2.13. The van der Waals surface area contributed by atoms with Gasteiger partial charge in [-0.05, 0) is 84.9 Å². The summed E-state index contributed by atoms with van der Waals surface area (Å²) in [7, 11) is 0. The monoisotopic (exact) mass is 616 g/mol. The lowest BCUT2D eigenvalue weighted by Crippen LogP contribution is -2.22. The molecule has 218 valence electrons. The smallest absolute Gasteiger partial charge is 0.0991 e. The van der Waals surface area contributed by atoms with E-state index in [1.165, 1.54) is 54.8 Å². The zero-order chi connectivity index (χ0) is 31.1. The molecule has 8 aromatic rings. The molecule has 1 aliphatic heterocycles. The number of hydrogen-bond donors (Lipinski definition) is 0. The maximum absolute atomic E-state index is 9.19. The summed E-state index contributed by atoms with van der Waals surface area (Å²) in [6.07, 6.45) is 2.30. The zero-order valence-corrected chi connectivity index (χ0v) is 25.9. The Hall–Kier alpha value is -6.09. The SMILES string of the molecule is N#Cc1ccc(Sc2ccc(-n3c4c(c5c3ccc3c6ccccc6n(-c6ccccc6)c35)C=C3N=c5ccccc5=C34)cc2)cc1. The van der Waals surface area contributed by atoms with Crippen molar-refractivity contribution in [1.29, 1.82) is 5.26 Å². The third-order valence-electron chi connectivity index (χ3n) is 9.32. The van der Waals surface area contributed by atoms with Crippen LogP contribution in [-0.4, -0.2) is 9.13 Å². The van der Waals surface area contributed by atoms with Gasteiger partial charge >= 0.3 is 0 Å². The molecule has 5 heteroatoms. The van der Waals surface area contributed by atoms with Crippen molar-refractivity contribution >= 4 is 56.1 Å². The molecule has 0 saturated heterocycles. The number of benzene rings is 6. The summed E-state index contributed by atoms with van der Waals surface area (Å²) in [5.41, 5.74) is 11.1. The molecule has 0 radical (unpaired) electrons. The molecular formula is C42H24N4S. The first-order valence-electron chi connectivity index (χ1n) is 15.6. The second kappa shape index (κ2) is 9.95. The Balaban J connectivity index is 1.27. The lowest BCUT2D eigenvalue weighted by molar-refractivity contribution is 1.09. The van der Waals surface area contributed by atoms with Gasteiger partial charge in [0.15, 0.2) is 0 Å². The molecule has 0 saturated carbocycles. The second-order valence-corrected chi connectivity index (χ2v) is 13.1. The Morgan fingerprint density at radius 2 is 1.30 bits per heavy atom. The van der Waals surface area contributed by atoms with Gasteiger partial charge in [0.2, 0.25) is 0 Å². The number of nitriles is 1. The highest BCUT2D eigenvalue weighted by atomic mass is 32.2. The minimum atomic E-state index is 0.671. The largest absolute Gasteiger partial charge is 0.309 e. The van der Waals surface area contributed by atoms with Crippen molar-refractivity contribution in [3.8, 4) is 17.4 Å². The van der Waals surface area contributed by atoms with E-state index in [1.54, 1.807) is 11.8 Å². The molecule has 2 aliphatic rings. The average molecular weight is 617 g/mol. The standard InChI is InChI=1S/C42H24N4S/c43-25-26-14-18-29(19-15-26)47-30-20-16-28(17-21-30)46-38-23-22-32-31-10-5-7-13-37(31)45(27-8-2-1-3-9-27)41(32)40(38)34-24-36-39(42(34)46)33-11-4-6-12-35(33)44-36/h1-24H. The molecule has 10 rings (SSSR count). The summed E-state index contributed by atoms with van der Waals surface area (Å²) >= 11 is 1.70. The molecule has 0 spiro atoms. The van der Waals surface area contributed by atoms with Gasteiger partial charge in [0.25, 0.3) is 0 Å². The van der Waals surface area contributed by atoms with Gasteiger partial charge in [0.1, 0.15) is 0 Å². The van der Waals surface area contributed by atoms with Gasteiger partial charge in [-0.15, -0.1) is 0 Å². The molecule has 6 aromatic carbocycles. The predicted octanol–water partition coefficient (Wildman–Crippen LogP) is 8.94. The van der Waals surface area contributed by atoms with E-state index < -0.39 is 0 Å². The van der Waals surface area contributed by atoms with E-state index in [1.807, 2.05) is 24.3 Å². The average Bonchev–Trinajstić information content (AvgIpc) is 3.85. The van der Waals surface area contributed by atoms with Crippen LogP contribution < -0.4 is 10.6 Å². The quantitative estimate of drug-likeness (QED) is 0.198. The van der Waals surface area contributed by atoms with Crippen LogP contribution in [0.25, 0.3) is 55.7 Å². The molecule has 0 atom stereocenters. The van der Waals surface area contributed by atoms with Crippen molar-refractivity contribution in [2.24, 2.45) is 4.99 Å². The minimum Gasteiger partial charge on any atom is -0.309 e. The van der Waals surface area contributed by atoms with Gasteiger partial charge in [-0.25, -0.2) is 4.99 Å². The normalized spacial score (nSPS) is 13.0. The van der Waals surface area contributed by atoms with Crippen LogP contribution in [0.1, 0.15) is 16.8 Å². The molecule has 0 N–H and O–H groups in total. The van der Waals surface area contributed by atoms with Crippen molar-refractivity contribution in [2.75, 3.05) is 0 Å². The Morgan fingerprint density at radius 3 is 2.11 bits per heavy atom. The van der Waals surface area contributed by atoms with Gasteiger partial charge in [-0.2, -0.15) is 5.26 Å². The number of para-hydroxylation sites is 3. The first kappa shape index (κ1) is 26.2. The van der Waals surface area contributed by atoms with Gasteiger partial charge in [0, 0.05) is 53.7 Å². The molecule has 2 aromatic heterocycles. The van der Waals surface area contributed by atoms with E-state index >= 15 is 0 Å². The van der Waals surface area contributed by atoms with Crippen molar-refractivity contribution in [1.82, 2.24) is 9.13 Å². The summed E-state index contributed by atoms with van der Waals surface area (Å²) in [6, 6.07) is 51.2. The molecule has 0 unspecified atom stereocenters. The Morgan fingerprint density at radius 1 is 0.596 bits per heavy atom. The molecule has 0 amide bonds. The van der Waals surface area contributed by atoms with Crippen LogP contribution in [0, 0.1) is 11.3 Å². The first-order chi connectivity index (χ1) is 23.3. The second-order valence-electron chi connectivity index (χ2n) is 11.9. The van der Waals surface area contributed by atoms with Crippen LogP contribution in [0.2, 0.25) is 0 Å². The third kappa shape index (κ3) is 3.80. The van der Waals surface area contributed by atoms with E-state index in [0.717, 1.165) is 32.2 Å². The van der Waals surface area contributed by atoms with Crippen molar-refractivity contribution < 1.29 is 0 Å². The number of aromatic nitrogens is 2. The van der Waals surface area contributed by atoms with E-state index in [0.29, 0.717) is 5.56 Å². The maximum atomic E-state index is 9.19. The van der Waals surface area contributed by atoms with Crippen LogP contribution in [0.4, 0.5) is 0 Å². The van der Waals surface area contributed by atoms with Crippen LogP contribution in [0.3, 0.4) is 0 Å². The van der Waals surface area contributed by atoms with E-state index in [4.69, 9.17) is 4.99 Å². The number of fused-ring (bicyclic) bond motifs is 10. The molecule has 47 heavy (non-hydrogen) atoms. The summed E-state index contributed by atoms with van der Waals surface area (Å²) in [6.45, 7) is 0. The van der Waals surface area contributed by atoms with Crippen molar-refractivity contribution in [2.45, 2.75) is 9.79 Å². The number of allylic oxidation sites excluding steroid dienone is 1. The minimum absolute atomic E-state index is 0.671. The van der Waals surface area contributed by atoms with Crippen molar-refractivity contribution in [3.05, 3.63) is 173 Å². The molecule has 4 nitrogen and oxygen atoms in total. The Bertz CT molecular complexity index is 2790. The van der Waals surface area contributed by atoms with Gasteiger partial charge in [-0.1, -0.05) is 72.4 Å². The highest BCUT2D eigenvalue weighted by Crippen LogP contribution is 2.47. The topological polar surface area (TPSA) is 46.0 Å². The molecule has 0 fully saturated rings. The predicted molar refractivity (Wildman–Crippen MR) is 191 cm³/mol. The molecule has 1 aliphatic carbocycles. The molecule has 0 bridgehead atoms. The van der Waals surface area contributed by atoms with E-state index in [2.05, 4.69) is 137 Å². The van der Waals surface area contributed by atoms with E-state index in [-0.39, 0.29) is 0 Å². The Kier molecular flexibility index (Phi) is 5.54. The van der Waals surface area contributed by atoms with Crippen LogP contribution >= 0.6 is 11.8 Å². The van der Waals surface area contributed by atoms with Crippen molar-refractivity contribution in [3.63, 3.8) is 0 Å². The maximum Gasteiger partial charge on any atom is 0.0991 e. The fraction of sp³-hybridized carbons (Fsp3) is 0. The van der Waals surface area contributed by atoms with Crippen LogP contribution in [-0.2, 0) is 0 Å². The summed E-state index contributed by atoms with van der Waals surface area (Å²) in [5, 5.41) is 15.1. The van der Waals surface area contributed by atoms with Gasteiger partial charge in [0.05, 0.1) is 44.9 Å². The zero-order valence-electron chi connectivity index (χ0n) is 25.1. The van der Waals surface area contributed by atoms with Crippen LogP contribution in [0.5, 0.6) is 0 Å². The number of nitrogens with zero attached hydrogens (tertiary/aromatic N) is 4. The lowest BCUT2D eigenvalue weighted by atomic mass is 10.1. The fourth-order valence-corrected chi connectivity index (χ4v) is 8.17. The summed E-state index contributed by atoms with van der Waals surface area (Å²) < 4.78 is 4.86. The Labute approximate surface area is 274 Å². The summed E-state index contributed by atoms with van der Waals surface area (Å²) in [4.78, 5) is 7.35. The van der Waals surface area contributed by atoms with Crippen LogP contribution in [0.15, 0.2) is 160 Å².